The summed E-state index contributed by atoms with van der Waals surface area (Å²) in [5.41, 5.74) is 0.435. The summed E-state index contributed by atoms with van der Waals surface area (Å²) < 4.78 is 67.5. The monoisotopic (exact) mass is 498 g/mol. The van der Waals surface area contributed by atoms with Crippen LogP contribution in [0.2, 0.25) is 5.02 Å². The summed E-state index contributed by atoms with van der Waals surface area (Å²) in [6.45, 7) is 0. The van der Waals surface area contributed by atoms with Gasteiger partial charge >= 0.3 is 6.18 Å². The van der Waals surface area contributed by atoms with Gasteiger partial charge in [0.15, 0.2) is 0 Å². The number of hydrazone groups is 1. The van der Waals surface area contributed by atoms with Crippen molar-refractivity contribution in [3.8, 4) is 0 Å². The van der Waals surface area contributed by atoms with Gasteiger partial charge in [-0.15, -0.1) is 0 Å². The molecule has 0 aliphatic rings. The first-order valence-electron chi connectivity index (χ1n) is 9.00. The second-order valence-corrected chi connectivity index (χ2v) is 8.54. The summed E-state index contributed by atoms with van der Waals surface area (Å²) in [6, 6.07) is 13.5. The number of hydrogen-bond donors (Lipinski definition) is 2. The Morgan fingerprint density at radius 3 is 2.33 bits per heavy atom. The van der Waals surface area contributed by atoms with Crippen molar-refractivity contribution in [1.82, 2.24) is 0 Å². The number of sulfonamides is 1. The lowest BCUT2D eigenvalue weighted by molar-refractivity contribution is -0.385. The van der Waals surface area contributed by atoms with Gasteiger partial charge in [0.05, 0.1) is 33.1 Å². The Balaban J connectivity index is 1.98. The average Bonchev–Trinajstić information content (AvgIpc) is 2.75. The van der Waals surface area contributed by atoms with E-state index in [0.29, 0.717) is 0 Å². The summed E-state index contributed by atoms with van der Waals surface area (Å²) in [5.74, 6) is 0. The van der Waals surface area contributed by atoms with Crippen LogP contribution in [0.3, 0.4) is 0 Å². The van der Waals surface area contributed by atoms with Crippen LogP contribution >= 0.6 is 11.6 Å². The predicted molar refractivity (Wildman–Crippen MR) is 118 cm³/mol. The summed E-state index contributed by atoms with van der Waals surface area (Å²) >= 11 is 5.98. The molecule has 0 saturated carbocycles. The fourth-order valence-electron chi connectivity index (χ4n) is 2.72. The van der Waals surface area contributed by atoms with Crippen LogP contribution in [0.25, 0.3) is 0 Å². The molecule has 2 N–H and O–H groups in total. The highest BCUT2D eigenvalue weighted by Gasteiger charge is 2.32. The molecule has 3 aromatic carbocycles. The second kappa shape index (κ2) is 9.46. The molecule has 0 bridgehead atoms. The van der Waals surface area contributed by atoms with Gasteiger partial charge in [-0.25, -0.2) is 8.42 Å². The van der Waals surface area contributed by atoms with Crippen LogP contribution in [0.5, 0.6) is 0 Å². The van der Waals surface area contributed by atoms with Gasteiger partial charge in [-0.05, 0) is 24.3 Å². The highest BCUT2D eigenvalue weighted by Crippen LogP contribution is 2.32. The molecule has 3 aromatic rings. The highest BCUT2D eigenvalue weighted by molar-refractivity contribution is 7.93. The maximum absolute atomic E-state index is 13.1. The van der Waals surface area contributed by atoms with Crippen molar-refractivity contribution >= 4 is 44.9 Å². The smallest absolute Gasteiger partial charge is 0.278 e. The van der Waals surface area contributed by atoms with Gasteiger partial charge in [0, 0.05) is 17.7 Å². The Labute approximate surface area is 190 Å². The number of nitrogens with one attached hydrogen (secondary N) is 2. The number of nitro groups is 1. The van der Waals surface area contributed by atoms with Crippen LogP contribution in [0.4, 0.5) is 30.2 Å². The minimum Gasteiger partial charge on any atom is -0.278 e. The summed E-state index contributed by atoms with van der Waals surface area (Å²) in [7, 11) is -4.40. The summed E-state index contributed by atoms with van der Waals surface area (Å²) in [4.78, 5) is 9.80. The van der Waals surface area contributed by atoms with E-state index < -0.39 is 37.3 Å². The van der Waals surface area contributed by atoms with Crippen molar-refractivity contribution in [2.45, 2.75) is 11.1 Å². The molecular formula is C20H14ClF3N4O4S. The minimum absolute atomic E-state index is 0.0271. The number of alkyl halides is 3. The van der Waals surface area contributed by atoms with Crippen LogP contribution in [-0.2, 0) is 16.2 Å². The van der Waals surface area contributed by atoms with Gasteiger partial charge in [0.25, 0.3) is 15.7 Å². The maximum Gasteiger partial charge on any atom is 0.417 e. The molecular weight excluding hydrogens is 485 g/mol. The summed E-state index contributed by atoms with van der Waals surface area (Å²) in [5, 5.41) is 14.9. The number of para-hydroxylation sites is 1. The molecule has 172 valence electrons. The van der Waals surface area contributed by atoms with Crippen molar-refractivity contribution in [3.63, 3.8) is 0 Å². The van der Waals surface area contributed by atoms with Crippen molar-refractivity contribution < 1.29 is 26.5 Å². The van der Waals surface area contributed by atoms with Gasteiger partial charge < -0.3 is 0 Å². The topological polar surface area (TPSA) is 114 Å². The van der Waals surface area contributed by atoms with Crippen LogP contribution in [0, 0.1) is 10.1 Å². The molecule has 13 heteroatoms. The molecule has 0 aliphatic heterocycles. The molecule has 0 unspecified atom stereocenters. The Morgan fingerprint density at radius 1 is 1.00 bits per heavy atom. The maximum atomic E-state index is 13.1. The van der Waals surface area contributed by atoms with E-state index in [2.05, 4.69) is 15.2 Å². The molecule has 0 fully saturated rings. The number of benzene rings is 3. The fraction of sp³-hybridized carbons (Fsp3) is 0.0500. The molecule has 0 radical (unpaired) electrons. The van der Waals surface area contributed by atoms with E-state index in [9.17, 15) is 31.7 Å². The lowest BCUT2D eigenvalue weighted by Gasteiger charge is -2.13. The van der Waals surface area contributed by atoms with Crippen molar-refractivity contribution in [3.05, 3.63) is 93.0 Å². The Kier molecular flexibility index (Phi) is 6.89. The fourth-order valence-corrected chi connectivity index (χ4v) is 4.22. The number of nitro benzene ring substituents is 1. The molecule has 0 spiro atoms. The number of nitrogens with zero attached hydrogens (tertiary/aromatic N) is 2. The standard InChI is InChI=1S/C20H14ClF3N4O4S/c21-16-7-3-4-8-17(16)27-33(31,32)19-11-14(28(29)30)9-10-18(19)26-25-12-13-5-1-2-6-15(13)20(22,23)24/h1-12,26-27H. The van der Waals surface area contributed by atoms with E-state index in [4.69, 9.17) is 11.6 Å². The van der Waals surface area contributed by atoms with E-state index in [0.717, 1.165) is 30.5 Å². The average molecular weight is 499 g/mol. The molecule has 3 rings (SSSR count). The quantitative estimate of drug-likeness (QED) is 0.253. The Hall–Kier alpha value is -3.64. The van der Waals surface area contributed by atoms with Gasteiger partial charge in [-0.1, -0.05) is 41.9 Å². The second-order valence-electron chi connectivity index (χ2n) is 6.48. The molecule has 0 saturated heterocycles. The number of rotatable bonds is 7. The van der Waals surface area contributed by atoms with E-state index in [-0.39, 0.29) is 22.0 Å². The third-order valence-corrected chi connectivity index (χ3v) is 5.97. The Bertz CT molecular complexity index is 1330. The van der Waals surface area contributed by atoms with Crippen LogP contribution in [0.15, 0.2) is 76.7 Å². The molecule has 0 aromatic heterocycles. The molecule has 33 heavy (non-hydrogen) atoms. The largest absolute Gasteiger partial charge is 0.417 e. The van der Waals surface area contributed by atoms with Gasteiger partial charge in [0.2, 0.25) is 0 Å². The van der Waals surface area contributed by atoms with Crippen molar-refractivity contribution in [2.75, 3.05) is 10.1 Å². The zero-order chi connectivity index (χ0) is 24.2. The van der Waals surface area contributed by atoms with E-state index in [1.165, 1.54) is 36.4 Å². The zero-order valence-corrected chi connectivity index (χ0v) is 17.9. The van der Waals surface area contributed by atoms with Crippen molar-refractivity contribution in [2.24, 2.45) is 5.10 Å². The van der Waals surface area contributed by atoms with Crippen molar-refractivity contribution in [1.29, 1.82) is 0 Å². The SMILES string of the molecule is O=[N+]([O-])c1ccc(NN=Cc2ccccc2C(F)(F)F)c(S(=O)(=O)Nc2ccccc2Cl)c1. The first-order chi connectivity index (χ1) is 15.5. The zero-order valence-electron chi connectivity index (χ0n) is 16.4. The lowest BCUT2D eigenvalue weighted by atomic mass is 10.1. The van der Waals surface area contributed by atoms with Gasteiger partial charge in [0.1, 0.15) is 4.90 Å². The van der Waals surface area contributed by atoms with Crippen LogP contribution in [-0.4, -0.2) is 19.6 Å². The first-order valence-corrected chi connectivity index (χ1v) is 10.9. The minimum atomic E-state index is -4.62. The number of anilines is 2. The van der Waals surface area contributed by atoms with Gasteiger partial charge in [-0.2, -0.15) is 18.3 Å². The normalized spacial score (nSPS) is 12.0. The summed E-state index contributed by atoms with van der Waals surface area (Å²) in [6.07, 6.45) is -3.76. The highest BCUT2D eigenvalue weighted by atomic mass is 35.5. The van der Waals surface area contributed by atoms with Crippen LogP contribution < -0.4 is 10.1 Å². The molecule has 0 aliphatic carbocycles. The third-order valence-electron chi connectivity index (χ3n) is 4.24. The molecule has 0 heterocycles. The lowest BCUT2D eigenvalue weighted by Crippen LogP contribution is -2.15. The number of non-ortho nitro benzene ring substituents is 1. The predicted octanol–water partition coefficient (Wildman–Crippen LogP) is 5.51. The number of hydrogen-bond acceptors (Lipinski definition) is 6. The van der Waals surface area contributed by atoms with E-state index in [1.54, 1.807) is 6.07 Å². The molecule has 0 amide bonds. The molecule has 8 nitrogen and oxygen atoms in total. The third kappa shape index (κ3) is 5.79. The van der Waals surface area contributed by atoms with Crippen LogP contribution in [0.1, 0.15) is 11.1 Å². The number of halogens is 4. The Morgan fingerprint density at radius 2 is 1.67 bits per heavy atom. The van der Waals surface area contributed by atoms with Gasteiger partial charge in [-0.3, -0.25) is 20.3 Å². The van der Waals surface area contributed by atoms with E-state index in [1.807, 2.05) is 0 Å². The van der Waals surface area contributed by atoms with E-state index >= 15 is 0 Å². The first kappa shape index (κ1) is 24.0. The molecule has 0 atom stereocenters.